The molecule has 0 radical (unpaired) electrons. The van der Waals surface area contributed by atoms with E-state index in [2.05, 4.69) is 10.6 Å². The fraction of sp³-hybridized carbons (Fsp3) is 0.125. The molecule has 4 aromatic rings. The summed E-state index contributed by atoms with van der Waals surface area (Å²) < 4.78 is 0.533. The Labute approximate surface area is 272 Å². The molecule has 0 atom stereocenters. The summed E-state index contributed by atoms with van der Waals surface area (Å²) in [5.74, 6) is -1.40. The zero-order chi connectivity index (χ0) is 30.8. The molecule has 0 bridgehead atoms. The Kier molecular flexibility index (Phi) is 8.76. The van der Waals surface area contributed by atoms with E-state index >= 15 is 0 Å². The number of anilines is 2. The zero-order valence-corrected chi connectivity index (χ0v) is 26.3. The molecule has 6 rings (SSSR count). The number of thioether (sulfide) groups is 2. The van der Waals surface area contributed by atoms with Crippen molar-refractivity contribution in [3.8, 4) is 0 Å². The van der Waals surface area contributed by atoms with Crippen LogP contribution in [0.4, 0.5) is 11.4 Å². The van der Waals surface area contributed by atoms with E-state index in [1.165, 1.54) is 9.80 Å². The third kappa shape index (κ3) is 6.11. The molecular weight excluding hydrogens is 633 g/mol. The number of benzene rings is 4. The normalized spacial score (nSPS) is 16.8. The standard InChI is InChI=1S/C32H24N4O4S4/c37-25(33-23-13-5-9-19-7-1-3-11-21(19)23)15-17-35-29(39)27(43-31(35)41)28-30(40)36(32(42)44-28)18-16-26(38)34-24-14-6-10-20-8-2-4-12-22(20)24/h1-14H,15-18H2,(H,33,37)(H,34,38)/b28-27+. The highest BCUT2D eigenvalue weighted by Gasteiger charge is 2.42. The Morgan fingerprint density at radius 2 is 0.977 bits per heavy atom. The molecule has 2 heterocycles. The van der Waals surface area contributed by atoms with E-state index in [-0.39, 0.29) is 56.2 Å². The number of hydrogen-bond donors (Lipinski definition) is 2. The van der Waals surface area contributed by atoms with Gasteiger partial charge in [0.2, 0.25) is 11.8 Å². The number of carbonyl (C=O) groups excluding carboxylic acids is 4. The van der Waals surface area contributed by atoms with Crippen LogP contribution in [-0.4, -0.2) is 55.2 Å². The predicted octanol–water partition coefficient (Wildman–Crippen LogP) is 6.28. The first-order chi connectivity index (χ1) is 21.3. The molecule has 2 fully saturated rings. The number of hydrogen-bond acceptors (Lipinski definition) is 8. The van der Waals surface area contributed by atoms with Crippen LogP contribution in [0.15, 0.2) is 94.7 Å². The summed E-state index contributed by atoms with van der Waals surface area (Å²) in [6, 6.07) is 26.8. The summed E-state index contributed by atoms with van der Waals surface area (Å²) >= 11 is 12.9. The molecule has 0 aliphatic carbocycles. The van der Waals surface area contributed by atoms with E-state index < -0.39 is 11.8 Å². The summed E-state index contributed by atoms with van der Waals surface area (Å²) in [5, 5.41) is 9.68. The topological polar surface area (TPSA) is 98.8 Å². The minimum atomic E-state index is -0.438. The van der Waals surface area contributed by atoms with Crippen LogP contribution in [0, 0.1) is 0 Å². The third-order valence-corrected chi connectivity index (χ3v) is 10.2. The van der Waals surface area contributed by atoms with Crippen LogP contribution in [0.5, 0.6) is 0 Å². The van der Waals surface area contributed by atoms with Gasteiger partial charge in [0.05, 0.1) is 9.81 Å². The lowest BCUT2D eigenvalue weighted by Gasteiger charge is -2.15. The lowest BCUT2D eigenvalue weighted by molar-refractivity contribution is -0.125. The molecular formula is C32H24N4O4S4. The van der Waals surface area contributed by atoms with E-state index in [1.807, 2.05) is 84.9 Å². The van der Waals surface area contributed by atoms with E-state index in [0.717, 1.165) is 45.1 Å². The van der Waals surface area contributed by atoms with Gasteiger partial charge in [-0.05, 0) is 22.9 Å². The van der Waals surface area contributed by atoms with Crippen molar-refractivity contribution in [1.29, 1.82) is 0 Å². The lowest BCUT2D eigenvalue weighted by Crippen LogP contribution is -2.33. The van der Waals surface area contributed by atoms with Crippen molar-refractivity contribution in [2.24, 2.45) is 0 Å². The van der Waals surface area contributed by atoms with Crippen molar-refractivity contribution in [3.63, 3.8) is 0 Å². The van der Waals surface area contributed by atoms with E-state index in [0.29, 0.717) is 11.4 Å². The molecule has 44 heavy (non-hydrogen) atoms. The van der Waals surface area contributed by atoms with Crippen LogP contribution in [0.25, 0.3) is 21.5 Å². The first-order valence-electron chi connectivity index (χ1n) is 13.7. The monoisotopic (exact) mass is 656 g/mol. The quantitative estimate of drug-likeness (QED) is 0.169. The fourth-order valence-electron chi connectivity index (χ4n) is 4.98. The van der Waals surface area contributed by atoms with Gasteiger partial charge in [-0.1, -0.05) is 121 Å². The highest BCUT2D eigenvalue weighted by atomic mass is 32.2. The number of carbonyl (C=O) groups is 4. The Morgan fingerprint density at radius 3 is 1.41 bits per heavy atom. The van der Waals surface area contributed by atoms with E-state index in [9.17, 15) is 19.2 Å². The average molecular weight is 657 g/mol. The molecule has 0 saturated carbocycles. The second kappa shape index (κ2) is 12.9. The summed E-state index contributed by atoms with van der Waals surface area (Å²) in [5.41, 5.74) is 1.38. The molecule has 2 aliphatic rings. The summed E-state index contributed by atoms with van der Waals surface area (Å²) in [7, 11) is 0. The minimum Gasteiger partial charge on any atom is -0.325 e. The number of nitrogens with zero attached hydrogens (tertiary/aromatic N) is 2. The summed E-state index contributed by atoms with van der Waals surface area (Å²) in [4.78, 5) is 55.2. The second-order valence-corrected chi connectivity index (χ2v) is 13.2. The van der Waals surface area contributed by atoms with Gasteiger partial charge in [0, 0.05) is 48.1 Å². The largest absolute Gasteiger partial charge is 0.325 e. The summed E-state index contributed by atoms with van der Waals surface area (Å²) in [6.45, 7) is 0.138. The maximum absolute atomic E-state index is 13.3. The van der Waals surface area contributed by atoms with Crippen LogP contribution in [0.1, 0.15) is 12.8 Å². The van der Waals surface area contributed by atoms with Crippen LogP contribution in [0.2, 0.25) is 0 Å². The van der Waals surface area contributed by atoms with Gasteiger partial charge in [-0.2, -0.15) is 0 Å². The first kappa shape index (κ1) is 29.9. The van der Waals surface area contributed by atoms with Gasteiger partial charge < -0.3 is 10.6 Å². The number of rotatable bonds is 8. The van der Waals surface area contributed by atoms with E-state index in [1.54, 1.807) is 0 Å². The van der Waals surface area contributed by atoms with Crippen molar-refractivity contribution in [2.45, 2.75) is 12.8 Å². The molecule has 2 N–H and O–H groups in total. The maximum atomic E-state index is 13.3. The fourth-order valence-corrected chi connectivity index (χ4v) is 7.75. The van der Waals surface area contributed by atoms with Crippen molar-refractivity contribution >= 4 is 113 Å². The van der Waals surface area contributed by atoms with Crippen LogP contribution >= 0.6 is 48.0 Å². The minimum absolute atomic E-state index is 0.0235. The van der Waals surface area contributed by atoms with Crippen molar-refractivity contribution in [1.82, 2.24) is 9.80 Å². The van der Waals surface area contributed by atoms with Gasteiger partial charge >= 0.3 is 0 Å². The first-order valence-corrected chi connectivity index (χ1v) is 16.1. The molecule has 0 spiro atoms. The van der Waals surface area contributed by atoms with Crippen LogP contribution < -0.4 is 10.6 Å². The molecule has 0 unspecified atom stereocenters. The second-order valence-electron chi connectivity index (χ2n) is 9.96. The number of nitrogens with one attached hydrogen (secondary N) is 2. The third-order valence-electron chi connectivity index (χ3n) is 7.16. The van der Waals surface area contributed by atoms with Crippen LogP contribution in [-0.2, 0) is 19.2 Å². The lowest BCUT2D eigenvalue weighted by atomic mass is 10.1. The van der Waals surface area contributed by atoms with Gasteiger partial charge in [-0.3, -0.25) is 29.0 Å². The Balaban J connectivity index is 1.07. The van der Waals surface area contributed by atoms with Crippen LogP contribution in [0.3, 0.4) is 0 Å². The molecule has 12 heteroatoms. The molecule has 8 nitrogen and oxygen atoms in total. The van der Waals surface area contributed by atoms with Crippen molar-refractivity contribution in [2.75, 3.05) is 23.7 Å². The van der Waals surface area contributed by atoms with Gasteiger partial charge in [0.25, 0.3) is 11.8 Å². The highest BCUT2D eigenvalue weighted by molar-refractivity contribution is 8.29. The molecule has 4 amide bonds. The van der Waals surface area contributed by atoms with Crippen molar-refractivity contribution < 1.29 is 19.2 Å². The van der Waals surface area contributed by atoms with E-state index in [4.69, 9.17) is 24.4 Å². The molecule has 2 aliphatic heterocycles. The number of fused-ring (bicyclic) bond motifs is 2. The predicted molar refractivity (Wildman–Crippen MR) is 185 cm³/mol. The Hall–Kier alpha value is -4.10. The molecule has 0 aromatic heterocycles. The van der Waals surface area contributed by atoms with Gasteiger partial charge in [-0.25, -0.2) is 0 Å². The average Bonchev–Trinajstić information content (AvgIpc) is 3.47. The number of thiocarbonyl (C=S) groups is 2. The smallest absolute Gasteiger partial charge is 0.267 e. The highest BCUT2D eigenvalue weighted by Crippen LogP contribution is 2.42. The zero-order valence-electron chi connectivity index (χ0n) is 23.1. The van der Waals surface area contributed by atoms with Gasteiger partial charge in [0.1, 0.15) is 8.64 Å². The number of amides is 4. The Bertz CT molecular complexity index is 1780. The van der Waals surface area contributed by atoms with Gasteiger partial charge in [0.15, 0.2) is 0 Å². The molecule has 2 saturated heterocycles. The van der Waals surface area contributed by atoms with Gasteiger partial charge in [-0.15, -0.1) is 0 Å². The summed E-state index contributed by atoms with van der Waals surface area (Å²) in [6.07, 6.45) is 0.0470. The van der Waals surface area contributed by atoms with Crippen molar-refractivity contribution in [3.05, 3.63) is 94.7 Å². The Morgan fingerprint density at radius 1 is 0.591 bits per heavy atom. The molecule has 220 valence electrons. The maximum Gasteiger partial charge on any atom is 0.267 e. The molecule has 4 aromatic carbocycles. The SMILES string of the molecule is O=C(CCN1C(=O)/C(=C2\SC(=S)N(CCC(=O)Nc3cccc4ccccc34)C2=O)SC1=S)Nc1cccc2ccccc12.